The SMILES string of the molecule is Cc1cc(NC(C)c2ccccc2Cl)c(C#N)c(C)n1. The summed E-state index contributed by atoms with van der Waals surface area (Å²) in [5, 5.41) is 13.3. The molecule has 1 heterocycles. The fraction of sp³-hybridized carbons (Fsp3) is 0.250. The molecule has 0 aliphatic rings. The van der Waals surface area contributed by atoms with Crippen LogP contribution in [-0.2, 0) is 0 Å². The van der Waals surface area contributed by atoms with Crippen molar-refractivity contribution in [2.75, 3.05) is 5.32 Å². The molecule has 0 aliphatic heterocycles. The van der Waals surface area contributed by atoms with E-state index in [-0.39, 0.29) is 6.04 Å². The van der Waals surface area contributed by atoms with E-state index in [0.29, 0.717) is 10.6 Å². The first-order valence-electron chi connectivity index (χ1n) is 6.42. The number of pyridine rings is 1. The van der Waals surface area contributed by atoms with E-state index in [2.05, 4.69) is 16.4 Å². The van der Waals surface area contributed by atoms with Gasteiger partial charge in [-0.15, -0.1) is 0 Å². The normalized spacial score (nSPS) is 11.8. The first-order valence-corrected chi connectivity index (χ1v) is 6.80. The van der Waals surface area contributed by atoms with Crippen molar-refractivity contribution >= 4 is 17.3 Å². The number of benzene rings is 1. The predicted molar refractivity (Wildman–Crippen MR) is 81.9 cm³/mol. The van der Waals surface area contributed by atoms with Crippen LogP contribution in [0, 0.1) is 25.2 Å². The summed E-state index contributed by atoms with van der Waals surface area (Å²) in [6, 6.07) is 11.8. The van der Waals surface area contributed by atoms with Crippen LogP contribution < -0.4 is 5.32 Å². The summed E-state index contributed by atoms with van der Waals surface area (Å²) in [4.78, 5) is 4.31. The van der Waals surface area contributed by atoms with Crippen molar-refractivity contribution in [1.29, 1.82) is 5.26 Å². The predicted octanol–water partition coefficient (Wildman–Crippen LogP) is 4.40. The van der Waals surface area contributed by atoms with Gasteiger partial charge in [0.1, 0.15) is 6.07 Å². The van der Waals surface area contributed by atoms with Crippen LogP contribution in [0.3, 0.4) is 0 Å². The Balaban J connectivity index is 2.36. The molecular weight excluding hydrogens is 270 g/mol. The first-order chi connectivity index (χ1) is 9.52. The second kappa shape index (κ2) is 5.94. The Labute approximate surface area is 124 Å². The topological polar surface area (TPSA) is 48.7 Å². The fourth-order valence-corrected chi connectivity index (χ4v) is 2.52. The molecule has 2 aromatic rings. The number of aromatic nitrogens is 1. The van der Waals surface area contributed by atoms with E-state index in [9.17, 15) is 5.26 Å². The molecule has 0 aliphatic carbocycles. The zero-order chi connectivity index (χ0) is 14.7. The lowest BCUT2D eigenvalue weighted by atomic mass is 10.1. The number of nitriles is 1. The highest BCUT2D eigenvalue weighted by molar-refractivity contribution is 6.31. The number of rotatable bonds is 3. The molecular formula is C16H16ClN3. The Hall–Kier alpha value is -2.05. The van der Waals surface area contributed by atoms with E-state index in [0.717, 1.165) is 22.6 Å². The maximum Gasteiger partial charge on any atom is 0.103 e. The molecule has 0 amide bonds. The molecule has 1 aromatic heterocycles. The summed E-state index contributed by atoms with van der Waals surface area (Å²) in [7, 11) is 0. The summed E-state index contributed by atoms with van der Waals surface area (Å²) >= 11 is 6.20. The van der Waals surface area contributed by atoms with Crippen LogP contribution in [-0.4, -0.2) is 4.98 Å². The maximum absolute atomic E-state index is 9.27. The van der Waals surface area contributed by atoms with Crippen LogP contribution in [0.4, 0.5) is 5.69 Å². The van der Waals surface area contributed by atoms with Crippen LogP contribution in [0.15, 0.2) is 30.3 Å². The van der Waals surface area contributed by atoms with Crippen molar-refractivity contribution in [2.45, 2.75) is 26.8 Å². The second-order valence-corrected chi connectivity index (χ2v) is 5.18. The molecule has 0 bridgehead atoms. The van der Waals surface area contributed by atoms with Crippen molar-refractivity contribution in [1.82, 2.24) is 4.98 Å². The van der Waals surface area contributed by atoms with Crippen molar-refractivity contribution in [2.24, 2.45) is 0 Å². The van der Waals surface area contributed by atoms with E-state index in [1.165, 1.54) is 0 Å². The Kier molecular flexibility index (Phi) is 4.26. The minimum Gasteiger partial charge on any atom is -0.377 e. The zero-order valence-electron chi connectivity index (χ0n) is 11.7. The molecule has 1 N–H and O–H groups in total. The Morgan fingerprint density at radius 1 is 1.30 bits per heavy atom. The lowest BCUT2D eigenvalue weighted by Crippen LogP contribution is -2.10. The van der Waals surface area contributed by atoms with Crippen LogP contribution >= 0.6 is 11.6 Å². The van der Waals surface area contributed by atoms with E-state index in [1.807, 2.05) is 51.1 Å². The van der Waals surface area contributed by atoms with Gasteiger partial charge in [-0.05, 0) is 38.5 Å². The van der Waals surface area contributed by atoms with Gasteiger partial charge in [0.05, 0.1) is 23.0 Å². The fourth-order valence-electron chi connectivity index (χ4n) is 2.22. The van der Waals surface area contributed by atoms with Crippen LogP contribution in [0.5, 0.6) is 0 Å². The first kappa shape index (κ1) is 14.4. The third kappa shape index (κ3) is 2.92. The summed E-state index contributed by atoms with van der Waals surface area (Å²) < 4.78 is 0. The smallest absolute Gasteiger partial charge is 0.103 e. The minimum atomic E-state index is 0.0111. The van der Waals surface area contributed by atoms with Gasteiger partial charge in [-0.1, -0.05) is 29.8 Å². The van der Waals surface area contributed by atoms with E-state index >= 15 is 0 Å². The lowest BCUT2D eigenvalue weighted by molar-refractivity contribution is 0.881. The molecule has 0 spiro atoms. The standard InChI is InChI=1S/C16H16ClN3/c1-10-8-16(14(9-18)12(3)19-10)20-11(2)13-6-4-5-7-15(13)17/h4-8,11H,1-3H3,(H,19,20). The molecule has 3 nitrogen and oxygen atoms in total. The Morgan fingerprint density at radius 3 is 2.65 bits per heavy atom. The van der Waals surface area contributed by atoms with Crippen molar-refractivity contribution < 1.29 is 0 Å². The third-order valence-electron chi connectivity index (χ3n) is 3.18. The summed E-state index contributed by atoms with van der Waals surface area (Å²) in [5.74, 6) is 0. The van der Waals surface area contributed by atoms with E-state index in [4.69, 9.17) is 11.6 Å². The van der Waals surface area contributed by atoms with Gasteiger partial charge in [0.25, 0.3) is 0 Å². The highest BCUT2D eigenvalue weighted by atomic mass is 35.5. The maximum atomic E-state index is 9.27. The van der Waals surface area contributed by atoms with Crippen molar-refractivity contribution in [3.05, 3.63) is 57.9 Å². The van der Waals surface area contributed by atoms with Gasteiger partial charge in [-0.3, -0.25) is 4.98 Å². The Morgan fingerprint density at radius 2 is 2.00 bits per heavy atom. The number of nitrogens with zero attached hydrogens (tertiary/aromatic N) is 2. The summed E-state index contributed by atoms with van der Waals surface area (Å²) in [6.07, 6.45) is 0. The molecule has 1 atom stereocenters. The molecule has 1 unspecified atom stereocenters. The summed E-state index contributed by atoms with van der Waals surface area (Å²) in [5.41, 5.74) is 4.00. The van der Waals surface area contributed by atoms with Gasteiger partial charge in [0.2, 0.25) is 0 Å². The van der Waals surface area contributed by atoms with Crippen LogP contribution in [0.25, 0.3) is 0 Å². The number of hydrogen-bond donors (Lipinski definition) is 1. The average molecular weight is 286 g/mol. The molecule has 0 saturated carbocycles. The average Bonchev–Trinajstić information content (AvgIpc) is 2.38. The highest BCUT2D eigenvalue weighted by Gasteiger charge is 2.13. The van der Waals surface area contributed by atoms with Gasteiger partial charge in [-0.25, -0.2) is 0 Å². The minimum absolute atomic E-state index is 0.0111. The van der Waals surface area contributed by atoms with Gasteiger partial charge >= 0.3 is 0 Å². The Bertz CT molecular complexity index is 674. The lowest BCUT2D eigenvalue weighted by Gasteiger charge is -2.18. The third-order valence-corrected chi connectivity index (χ3v) is 3.53. The number of anilines is 1. The quantitative estimate of drug-likeness (QED) is 0.909. The molecule has 20 heavy (non-hydrogen) atoms. The van der Waals surface area contributed by atoms with Gasteiger partial charge in [0, 0.05) is 10.7 Å². The number of aryl methyl sites for hydroxylation is 2. The molecule has 0 radical (unpaired) electrons. The van der Waals surface area contributed by atoms with Crippen molar-refractivity contribution in [3.8, 4) is 6.07 Å². The zero-order valence-corrected chi connectivity index (χ0v) is 12.5. The molecule has 0 saturated heterocycles. The second-order valence-electron chi connectivity index (χ2n) is 4.77. The van der Waals surface area contributed by atoms with Gasteiger partial charge < -0.3 is 5.32 Å². The number of nitrogens with one attached hydrogen (secondary N) is 1. The molecule has 4 heteroatoms. The van der Waals surface area contributed by atoms with E-state index < -0.39 is 0 Å². The van der Waals surface area contributed by atoms with Gasteiger partial charge in [0.15, 0.2) is 0 Å². The van der Waals surface area contributed by atoms with Crippen LogP contribution in [0.1, 0.15) is 35.5 Å². The number of halogens is 1. The molecule has 2 rings (SSSR count). The van der Waals surface area contributed by atoms with Crippen LogP contribution in [0.2, 0.25) is 5.02 Å². The monoisotopic (exact) mass is 285 g/mol. The van der Waals surface area contributed by atoms with E-state index in [1.54, 1.807) is 0 Å². The van der Waals surface area contributed by atoms with Gasteiger partial charge in [-0.2, -0.15) is 5.26 Å². The summed E-state index contributed by atoms with van der Waals surface area (Å²) in [6.45, 7) is 5.78. The largest absolute Gasteiger partial charge is 0.377 e. The molecule has 1 aromatic carbocycles. The molecule has 102 valence electrons. The molecule has 0 fully saturated rings. The van der Waals surface area contributed by atoms with Crippen molar-refractivity contribution in [3.63, 3.8) is 0 Å². The highest BCUT2D eigenvalue weighted by Crippen LogP contribution is 2.28. The number of hydrogen-bond acceptors (Lipinski definition) is 3.